The first-order chi connectivity index (χ1) is 18.8. The van der Waals surface area contributed by atoms with E-state index in [2.05, 4.69) is 28.8 Å². The fraction of sp³-hybridized carbons (Fsp3) is 0.533. The normalized spacial score (nSPS) is 13.9. The zero-order valence-electron chi connectivity index (χ0n) is 23.0. The largest absolute Gasteiger partial charge is 0.479 e. The molecule has 39 heavy (non-hydrogen) atoms. The quantitative estimate of drug-likeness (QED) is 0.204. The minimum absolute atomic E-state index is 0.190. The number of nitrogens with zero attached hydrogens (tertiary/aromatic N) is 1. The van der Waals surface area contributed by atoms with Crippen LogP contribution in [0.1, 0.15) is 55.2 Å². The Morgan fingerprint density at radius 2 is 1.64 bits per heavy atom. The maximum absolute atomic E-state index is 12.9. The summed E-state index contributed by atoms with van der Waals surface area (Å²) in [6.07, 6.45) is 4.15. The Balaban J connectivity index is 1.33. The number of nitrogens with one attached hydrogen (secondary N) is 2. The van der Waals surface area contributed by atoms with Gasteiger partial charge in [0.25, 0.3) is 5.91 Å². The Morgan fingerprint density at radius 1 is 0.974 bits per heavy atom. The molecule has 1 amide bonds. The van der Waals surface area contributed by atoms with Crippen molar-refractivity contribution in [1.82, 2.24) is 4.90 Å². The summed E-state index contributed by atoms with van der Waals surface area (Å²) in [6, 6.07) is 12.4. The van der Waals surface area contributed by atoms with E-state index in [1.165, 1.54) is 22.4 Å². The van der Waals surface area contributed by atoms with Crippen LogP contribution in [0, 0.1) is 6.92 Å². The monoisotopic (exact) mass is 559 g/mol. The fourth-order valence-electron chi connectivity index (χ4n) is 4.69. The summed E-state index contributed by atoms with van der Waals surface area (Å²) in [7, 11) is 1.61. The van der Waals surface area contributed by atoms with Gasteiger partial charge in [-0.2, -0.15) is 0 Å². The van der Waals surface area contributed by atoms with Crippen LogP contribution in [0.3, 0.4) is 0 Å². The number of likely N-dealkylation sites (N-methyl/N-ethyl adjacent to an activating group) is 1. The van der Waals surface area contributed by atoms with Gasteiger partial charge in [-0.3, -0.25) is 4.79 Å². The first-order valence-corrected chi connectivity index (χ1v) is 14.3. The minimum Gasteiger partial charge on any atom is -0.479 e. The van der Waals surface area contributed by atoms with E-state index in [0.29, 0.717) is 13.0 Å². The second kappa shape index (κ2) is 15.7. The third kappa shape index (κ3) is 9.71. The number of amides is 1. The lowest BCUT2D eigenvalue weighted by Crippen LogP contribution is -2.48. The van der Waals surface area contributed by atoms with Crippen LogP contribution in [-0.2, 0) is 27.2 Å². The van der Waals surface area contributed by atoms with Gasteiger partial charge in [-0.1, -0.05) is 23.7 Å². The van der Waals surface area contributed by atoms with Crippen molar-refractivity contribution in [3.63, 3.8) is 0 Å². The number of carboxylic acids is 1. The van der Waals surface area contributed by atoms with Crippen molar-refractivity contribution < 1.29 is 24.5 Å². The number of carbonyl (C=O) groups excluding carboxylic acids is 1. The van der Waals surface area contributed by atoms with Crippen molar-refractivity contribution in [3.05, 3.63) is 58.1 Å². The van der Waals surface area contributed by atoms with Crippen LogP contribution >= 0.6 is 11.6 Å². The first-order valence-electron chi connectivity index (χ1n) is 13.9. The first kappa shape index (κ1) is 30.7. The van der Waals surface area contributed by atoms with Crippen molar-refractivity contribution in [2.75, 3.05) is 43.9 Å². The summed E-state index contributed by atoms with van der Waals surface area (Å²) >= 11 is 6.16. The minimum atomic E-state index is -1.91. The standard InChI is InChI=1S/C30H42ClN3O5/c1-21-11-13-25(20-26(21)31)33-15-4-3-6-17-34(2)29(36)28(27(35)30(37)38)39-18-7-5-16-32-24-14-12-22-9-8-10-23(22)19-24/h11-14,19-20,27-28,32-33,35H,3-10,15-18H2,1-2H3,(H,37,38). The Hall–Kier alpha value is -2.81. The summed E-state index contributed by atoms with van der Waals surface area (Å²) in [4.78, 5) is 25.7. The number of unbranched alkanes of at least 4 members (excludes halogenated alkanes) is 3. The number of aliphatic carboxylic acids is 1. The van der Waals surface area contributed by atoms with E-state index in [1.54, 1.807) is 7.05 Å². The Morgan fingerprint density at radius 3 is 2.36 bits per heavy atom. The highest BCUT2D eigenvalue weighted by atomic mass is 35.5. The molecule has 0 saturated carbocycles. The van der Waals surface area contributed by atoms with Gasteiger partial charge in [0, 0.05) is 49.7 Å². The van der Waals surface area contributed by atoms with Gasteiger partial charge in [0.15, 0.2) is 12.2 Å². The lowest BCUT2D eigenvalue weighted by Gasteiger charge is -2.25. The lowest BCUT2D eigenvalue weighted by molar-refractivity contribution is -0.166. The maximum atomic E-state index is 12.9. The number of aliphatic hydroxyl groups excluding tert-OH is 1. The summed E-state index contributed by atoms with van der Waals surface area (Å²) < 4.78 is 5.60. The van der Waals surface area contributed by atoms with Crippen LogP contribution in [0.25, 0.3) is 0 Å². The highest BCUT2D eigenvalue weighted by Crippen LogP contribution is 2.25. The van der Waals surface area contributed by atoms with Crippen molar-refractivity contribution in [2.24, 2.45) is 0 Å². The van der Waals surface area contributed by atoms with E-state index in [-0.39, 0.29) is 6.61 Å². The molecule has 2 aromatic rings. The molecule has 8 nitrogen and oxygen atoms in total. The van der Waals surface area contributed by atoms with Gasteiger partial charge < -0.3 is 30.5 Å². The predicted octanol–water partition coefficient (Wildman–Crippen LogP) is 4.90. The molecule has 4 N–H and O–H groups in total. The van der Waals surface area contributed by atoms with E-state index in [9.17, 15) is 19.8 Å². The van der Waals surface area contributed by atoms with Gasteiger partial charge in [0.05, 0.1) is 0 Å². The molecule has 1 aliphatic rings. The Labute approximate surface area is 236 Å². The molecule has 2 aromatic carbocycles. The predicted molar refractivity (Wildman–Crippen MR) is 156 cm³/mol. The van der Waals surface area contributed by atoms with Crippen LogP contribution < -0.4 is 10.6 Å². The zero-order chi connectivity index (χ0) is 28.2. The lowest BCUT2D eigenvalue weighted by atomic mass is 10.1. The van der Waals surface area contributed by atoms with Crippen LogP contribution in [0.4, 0.5) is 11.4 Å². The zero-order valence-corrected chi connectivity index (χ0v) is 23.8. The number of aryl methyl sites for hydroxylation is 3. The molecular weight excluding hydrogens is 518 g/mol. The number of benzene rings is 2. The molecular formula is C30H42ClN3O5. The topological polar surface area (TPSA) is 111 Å². The average molecular weight is 560 g/mol. The smallest absolute Gasteiger partial charge is 0.335 e. The average Bonchev–Trinajstić information content (AvgIpc) is 3.39. The van der Waals surface area contributed by atoms with Crippen LogP contribution in [0.5, 0.6) is 0 Å². The van der Waals surface area contributed by atoms with Gasteiger partial charge in [-0.05, 0) is 99.2 Å². The Kier molecular flexibility index (Phi) is 12.4. The summed E-state index contributed by atoms with van der Waals surface area (Å²) in [5.41, 5.74) is 5.96. The van der Waals surface area contributed by atoms with Gasteiger partial charge >= 0.3 is 5.97 Å². The van der Waals surface area contributed by atoms with Crippen molar-refractivity contribution in [1.29, 1.82) is 0 Å². The molecule has 0 saturated heterocycles. The molecule has 2 atom stereocenters. The van der Waals surface area contributed by atoms with E-state index in [1.807, 2.05) is 25.1 Å². The number of halogens is 1. The SMILES string of the molecule is Cc1ccc(NCCCCCN(C)C(=O)C(OCCCCNc2ccc3c(c2)CCC3)C(O)C(=O)O)cc1Cl. The second-order valence-corrected chi connectivity index (χ2v) is 10.7. The second-order valence-electron chi connectivity index (χ2n) is 10.3. The van der Waals surface area contributed by atoms with E-state index in [4.69, 9.17) is 16.3 Å². The highest BCUT2D eigenvalue weighted by Gasteiger charge is 2.34. The van der Waals surface area contributed by atoms with Crippen LogP contribution in [0.15, 0.2) is 36.4 Å². The van der Waals surface area contributed by atoms with Crippen molar-refractivity contribution in [3.8, 4) is 0 Å². The summed E-state index contributed by atoms with van der Waals surface area (Å²) in [5.74, 6) is -1.99. The molecule has 1 aliphatic carbocycles. The molecule has 3 rings (SSSR count). The molecule has 0 aromatic heterocycles. The van der Waals surface area contributed by atoms with E-state index in [0.717, 1.165) is 73.6 Å². The molecule has 2 unspecified atom stereocenters. The highest BCUT2D eigenvalue weighted by molar-refractivity contribution is 6.31. The van der Waals surface area contributed by atoms with E-state index >= 15 is 0 Å². The molecule has 9 heteroatoms. The number of carboxylic acid groups (broad SMARTS) is 1. The molecule has 214 valence electrons. The molecule has 0 bridgehead atoms. The summed E-state index contributed by atoms with van der Waals surface area (Å²) in [5, 5.41) is 26.9. The van der Waals surface area contributed by atoms with Crippen molar-refractivity contribution >= 4 is 34.9 Å². The Bertz CT molecular complexity index is 1100. The molecule has 0 aliphatic heterocycles. The molecule has 0 fully saturated rings. The molecule has 0 spiro atoms. The van der Waals surface area contributed by atoms with Crippen molar-refractivity contribution in [2.45, 2.75) is 70.5 Å². The number of hydrogen-bond acceptors (Lipinski definition) is 6. The summed E-state index contributed by atoms with van der Waals surface area (Å²) in [6.45, 7) is 4.13. The number of rotatable bonds is 17. The fourth-order valence-corrected chi connectivity index (χ4v) is 4.87. The third-order valence-corrected chi connectivity index (χ3v) is 7.53. The van der Waals surface area contributed by atoms with E-state index < -0.39 is 24.1 Å². The van der Waals surface area contributed by atoms with Crippen LogP contribution in [-0.4, -0.2) is 72.5 Å². The van der Waals surface area contributed by atoms with Crippen LogP contribution in [0.2, 0.25) is 5.02 Å². The van der Waals surface area contributed by atoms with Gasteiger partial charge in [-0.25, -0.2) is 4.79 Å². The maximum Gasteiger partial charge on any atom is 0.335 e. The number of aliphatic hydroxyl groups is 1. The van der Waals surface area contributed by atoms with Gasteiger partial charge in [-0.15, -0.1) is 0 Å². The number of anilines is 2. The third-order valence-electron chi connectivity index (χ3n) is 7.13. The number of carbonyl (C=O) groups is 2. The molecule has 0 heterocycles. The number of ether oxygens (including phenoxy) is 1. The van der Waals surface area contributed by atoms with Gasteiger partial charge in [0.1, 0.15) is 0 Å². The number of fused-ring (bicyclic) bond motifs is 1. The molecule has 0 radical (unpaired) electrons. The number of hydrogen-bond donors (Lipinski definition) is 4. The van der Waals surface area contributed by atoms with Gasteiger partial charge in [0.2, 0.25) is 0 Å².